The van der Waals surface area contributed by atoms with Gasteiger partial charge in [0.25, 0.3) is 11.8 Å². The fraction of sp³-hybridized carbons (Fsp3) is 0.684. The number of nitrogens with one attached hydrogen (secondary N) is 1. The van der Waals surface area contributed by atoms with Crippen molar-refractivity contribution in [2.24, 2.45) is 5.73 Å². The van der Waals surface area contributed by atoms with E-state index in [1.807, 2.05) is 27.7 Å². The highest BCUT2D eigenvalue weighted by Crippen LogP contribution is 2.29. The van der Waals surface area contributed by atoms with Gasteiger partial charge in [-0.25, -0.2) is 0 Å². The third kappa shape index (κ3) is 4.81. The Morgan fingerprint density at radius 1 is 1.29 bits per heavy atom. The third-order valence-electron chi connectivity index (χ3n) is 4.98. The summed E-state index contributed by atoms with van der Waals surface area (Å²) in [6, 6.07) is -0.463. The number of hydrogen-bond acceptors (Lipinski definition) is 6. The van der Waals surface area contributed by atoms with Crippen molar-refractivity contribution in [1.82, 2.24) is 14.6 Å². The summed E-state index contributed by atoms with van der Waals surface area (Å²) in [5.41, 5.74) is 10.5. The fourth-order valence-corrected chi connectivity index (χ4v) is 4.41. The quantitative estimate of drug-likeness (QED) is 0.636. The molecule has 5 N–H and O–H groups in total. The van der Waals surface area contributed by atoms with Gasteiger partial charge in [0.05, 0.1) is 5.69 Å². The monoisotopic (exact) mass is 409 g/mol. The molecule has 28 heavy (non-hydrogen) atoms. The Bertz CT molecular complexity index is 734. The molecule has 0 saturated heterocycles. The van der Waals surface area contributed by atoms with Crippen molar-refractivity contribution >= 4 is 34.9 Å². The lowest BCUT2D eigenvalue weighted by Gasteiger charge is -2.41. The molecule has 156 valence electrons. The van der Waals surface area contributed by atoms with Gasteiger partial charge in [-0.05, 0) is 51.6 Å². The molecule has 1 aromatic rings. The van der Waals surface area contributed by atoms with Gasteiger partial charge in [-0.2, -0.15) is 4.37 Å². The van der Waals surface area contributed by atoms with Crippen LogP contribution in [0.2, 0.25) is 0 Å². The van der Waals surface area contributed by atoms with Crippen LogP contribution in [0.25, 0.3) is 0 Å². The van der Waals surface area contributed by atoms with E-state index in [1.165, 1.54) is 0 Å². The summed E-state index contributed by atoms with van der Waals surface area (Å²) in [6.45, 7) is 7.61. The van der Waals surface area contributed by atoms with Gasteiger partial charge >= 0.3 is 0 Å². The van der Waals surface area contributed by atoms with Crippen LogP contribution < -0.4 is 16.8 Å². The third-order valence-corrected chi connectivity index (χ3v) is 5.83. The van der Waals surface area contributed by atoms with Crippen LogP contribution in [0.15, 0.2) is 0 Å². The van der Waals surface area contributed by atoms with Crippen molar-refractivity contribution in [1.29, 1.82) is 0 Å². The lowest BCUT2D eigenvalue weighted by atomic mass is 9.98. The number of aromatic nitrogens is 1. The molecule has 0 aromatic carbocycles. The molecule has 1 heterocycles. The van der Waals surface area contributed by atoms with Crippen LogP contribution >= 0.6 is 11.5 Å². The molecule has 0 unspecified atom stereocenters. The SMILES string of the molecule is CCC[C@@H](C(=O)NC1CCCC1)N(C(=O)c1snc(C(N)=O)c1N)C(C)(C)C. The predicted octanol–water partition coefficient (Wildman–Crippen LogP) is 2.29. The van der Waals surface area contributed by atoms with E-state index in [0.29, 0.717) is 6.42 Å². The molecule has 2 rings (SSSR count). The van der Waals surface area contributed by atoms with Crippen LogP contribution in [0.1, 0.15) is 86.4 Å². The standard InChI is InChI=1S/C19H31N5O3S/c1-5-8-12(17(26)22-11-9-6-7-10-11)24(19(2,3)4)18(27)15-13(20)14(16(21)25)23-28-15/h11-12H,5-10,20H2,1-4H3,(H2,21,25)(H,22,26)/t12-/m0/s1. The summed E-state index contributed by atoms with van der Waals surface area (Å²) in [6.07, 6.45) is 5.43. The molecule has 1 saturated carbocycles. The average Bonchev–Trinajstić information content (AvgIpc) is 3.22. The summed E-state index contributed by atoms with van der Waals surface area (Å²) in [4.78, 5) is 39.6. The van der Waals surface area contributed by atoms with E-state index in [4.69, 9.17) is 11.5 Å². The van der Waals surface area contributed by atoms with E-state index in [0.717, 1.165) is 43.6 Å². The van der Waals surface area contributed by atoms with Crippen molar-refractivity contribution in [2.45, 2.75) is 83.8 Å². The van der Waals surface area contributed by atoms with E-state index in [2.05, 4.69) is 9.69 Å². The lowest BCUT2D eigenvalue weighted by molar-refractivity contribution is -0.128. The molecule has 0 aliphatic heterocycles. The number of rotatable bonds is 7. The maximum atomic E-state index is 13.4. The first kappa shape index (κ1) is 22.1. The Kier molecular flexibility index (Phi) is 7.03. The fourth-order valence-electron chi connectivity index (χ4n) is 3.67. The second-order valence-electron chi connectivity index (χ2n) is 8.28. The van der Waals surface area contributed by atoms with Crippen LogP contribution in [-0.2, 0) is 4.79 Å². The highest BCUT2D eigenvalue weighted by Gasteiger charge is 2.39. The maximum Gasteiger partial charge on any atom is 0.270 e. The second kappa shape index (κ2) is 8.89. The Morgan fingerprint density at radius 3 is 2.36 bits per heavy atom. The minimum atomic E-state index is -0.779. The van der Waals surface area contributed by atoms with Crippen molar-refractivity contribution in [3.05, 3.63) is 10.6 Å². The number of primary amides is 1. The van der Waals surface area contributed by atoms with Crippen LogP contribution in [0.3, 0.4) is 0 Å². The Morgan fingerprint density at radius 2 is 1.89 bits per heavy atom. The number of anilines is 1. The van der Waals surface area contributed by atoms with Crippen LogP contribution in [0.5, 0.6) is 0 Å². The number of nitrogens with two attached hydrogens (primary N) is 2. The minimum absolute atomic E-state index is 0.0248. The molecular weight excluding hydrogens is 378 g/mol. The number of carbonyl (C=O) groups is 3. The molecule has 0 bridgehead atoms. The van der Waals surface area contributed by atoms with E-state index in [1.54, 1.807) is 4.90 Å². The van der Waals surface area contributed by atoms with Gasteiger partial charge in [0, 0.05) is 11.6 Å². The van der Waals surface area contributed by atoms with Gasteiger partial charge in [-0.3, -0.25) is 14.4 Å². The Hall–Kier alpha value is -2.16. The summed E-state index contributed by atoms with van der Waals surface area (Å²) >= 11 is 0.838. The molecular formula is C19H31N5O3S. The van der Waals surface area contributed by atoms with Crippen molar-refractivity contribution in [3.63, 3.8) is 0 Å². The predicted molar refractivity (Wildman–Crippen MR) is 110 cm³/mol. The first-order chi connectivity index (χ1) is 13.1. The van der Waals surface area contributed by atoms with E-state index in [-0.39, 0.29) is 28.2 Å². The number of nitrogens with zero attached hydrogens (tertiary/aromatic N) is 2. The van der Waals surface area contributed by atoms with E-state index < -0.39 is 23.4 Å². The highest BCUT2D eigenvalue weighted by atomic mass is 32.1. The molecule has 0 radical (unpaired) electrons. The molecule has 8 nitrogen and oxygen atoms in total. The first-order valence-electron chi connectivity index (χ1n) is 9.76. The molecule has 0 spiro atoms. The molecule has 1 aliphatic carbocycles. The zero-order chi connectivity index (χ0) is 21.1. The maximum absolute atomic E-state index is 13.4. The summed E-state index contributed by atoms with van der Waals surface area (Å²) in [5.74, 6) is -1.33. The zero-order valence-corrected chi connectivity index (χ0v) is 17.9. The second-order valence-corrected chi connectivity index (χ2v) is 9.05. The molecule has 3 amide bonds. The van der Waals surface area contributed by atoms with Gasteiger partial charge in [0.15, 0.2) is 5.69 Å². The summed E-state index contributed by atoms with van der Waals surface area (Å²) in [7, 11) is 0. The molecule has 9 heteroatoms. The Labute approximate surface area is 170 Å². The van der Waals surface area contributed by atoms with Crippen LogP contribution in [-0.4, -0.2) is 44.6 Å². The molecule has 1 fully saturated rings. The normalized spacial score (nSPS) is 16.0. The van der Waals surface area contributed by atoms with E-state index in [9.17, 15) is 14.4 Å². The van der Waals surface area contributed by atoms with Crippen molar-refractivity contribution in [2.75, 3.05) is 5.73 Å². The first-order valence-corrected chi connectivity index (χ1v) is 10.5. The van der Waals surface area contributed by atoms with Gasteiger partial charge < -0.3 is 21.7 Å². The van der Waals surface area contributed by atoms with Gasteiger partial charge in [0.1, 0.15) is 10.9 Å². The van der Waals surface area contributed by atoms with E-state index >= 15 is 0 Å². The van der Waals surface area contributed by atoms with Crippen molar-refractivity contribution < 1.29 is 14.4 Å². The number of nitrogen functional groups attached to an aromatic ring is 1. The molecule has 1 aliphatic rings. The largest absolute Gasteiger partial charge is 0.395 e. The van der Waals surface area contributed by atoms with Crippen molar-refractivity contribution in [3.8, 4) is 0 Å². The average molecular weight is 410 g/mol. The van der Waals surface area contributed by atoms with Gasteiger partial charge in [0.2, 0.25) is 5.91 Å². The van der Waals surface area contributed by atoms with Gasteiger partial charge in [-0.15, -0.1) is 0 Å². The number of carbonyl (C=O) groups excluding carboxylic acids is 3. The highest BCUT2D eigenvalue weighted by molar-refractivity contribution is 7.09. The van der Waals surface area contributed by atoms with Gasteiger partial charge in [-0.1, -0.05) is 26.2 Å². The summed E-state index contributed by atoms with van der Waals surface area (Å²) in [5, 5.41) is 3.11. The minimum Gasteiger partial charge on any atom is -0.395 e. The lowest BCUT2D eigenvalue weighted by Crippen LogP contribution is -2.58. The number of amides is 3. The zero-order valence-electron chi connectivity index (χ0n) is 17.1. The van der Waals surface area contributed by atoms with Crippen LogP contribution in [0.4, 0.5) is 5.69 Å². The molecule has 1 atom stereocenters. The van der Waals surface area contributed by atoms with Crippen LogP contribution in [0, 0.1) is 0 Å². The Balaban J connectivity index is 2.37. The topological polar surface area (TPSA) is 131 Å². The smallest absolute Gasteiger partial charge is 0.270 e. The summed E-state index contributed by atoms with van der Waals surface area (Å²) < 4.78 is 3.93. The molecule has 1 aromatic heterocycles. The number of hydrogen-bond donors (Lipinski definition) is 3.